The molecule has 20 heavy (non-hydrogen) atoms. The van der Waals surface area contributed by atoms with Gasteiger partial charge in [-0.25, -0.2) is 4.79 Å². The Hall–Kier alpha value is -1.17. The molecule has 0 bridgehead atoms. The Morgan fingerprint density at radius 2 is 2.25 bits per heavy atom. The normalized spacial score (nSPS) is 21.2. The highest BCUT2D eigenvalue weighted by atomic mass is 35.5. The van der Waals surface area contributed by atoms with Gasteiger partial charge < -0.3 is 20.3 Å². The molecular weight excluding hydrogens is 301 g/mol. The Kier molecular flexibility index (Phi) is 4.96. The molecule has 5 nitrogen and oxygen atoms in total. The van der Waals surface area contributed by atoms with Gasteiger partial charge in [0.1, 0.15) is 5.15 Å². The zero-order valence-corrected chi connectivity index (χ0v) is 12.6. The van der Waals surface area contributed by atoms with Crippen molar-refractivity contribution in [2.45, 2.75) is 19.0 Å². The number of aliphatic hydroxyl groups is 1. The van der Waals surface area contributed by atoms with E-state index in [1.54, 1.807) is 17.7 Å². The fraction of sp³-hybridized carbons (Fsp3) is 0.462. The maximum absolute atomic E-state index is 11.8. The zero-order chi connectivity index (χ0) is 14.7. The number of amides is 2. The highest BCUT2D eigenvalue weighted by Crippen LogP contribution is 2.24. The number of aromatic nitrogens is 1. The molecule has 0 aliphatic heterocycles. The molecule has 2 amide bonds. The summed E-state index contributed by atoms with van der Waals surface area (Å²) >= 11 is 11.9. The van der Waals surface area contributed by atoms with Crippen LogP contribution in [0.25, 0.3) is 0 Å². The van der Waals surface area contributed by atoms with Crippen LogP contribution in [-0.4, -0.2) is 28.4 Å². The lowest BCUT2D eigenvalue weighted by atomic mass is 10.1. The molecule has 110 valence electrons. The molecule has 2 atom stereocenters. The molecule has 0 aromatic carbocycles. The molecule has 0 saturated carbocycles. The van der Waals surface area contributed by atoms with Crippen LogP contribution in [-0.2, 0) is 13.6 Å². The number of aliphatic hydroxyl groups excluding tert-OH is 1. The minimum atomic E-state index is -0.258. The van der Waals surface area contributed by atoms with Gasteiger partial charge in [-0.3, -0.25) is 0 Å². The van der Waals surface area contributed by atoms with E-state index in [-0.39, 0.29) is 24.6 Å². The third kappa shape index (κ3) is 3.48. The van der Waals surface area contributed by atoms with E-state index >= 15 is 0 Å². The van der Waals surface area contributed by atoms with Gasteiger partial charge in [0.2, 0.25) is 0 Å². The largest absolute Gasteiger partial charge is 0.396 e. The molecule has 0 fully saturated rings. The molecule has 0 spiro atoms. The van der Waals surface area contributed by atoms with Crippen molar-refractivity contribution < 1.29 is 9.90 Å². The Bertz CT molecular complexity index is 528. The van der Waals surface area contributed by atoms with E-state index in [0.29, 0.717) is 16.7 Å². The molecule has 2 rings (SSSR count). The van der Waals surface area contributed by atoms with Gasteiger partial charge in [-0.1, -0.05) is 35.4 Å². The first-order valence-corrected chi connectivity index (χ1v) is 7.10. The predicted octanol–water partition coefficient (Wildman–Crippen LogP) is 2.07. The Morgan fingerprint density at radius 1 is 1.50 bits per heavy atom. The second-order valence-electron chi connectivity index (χ2n) is 4.83. The lowest BCUT2D eigenvalue weighted by molar-refractivity contribution is 0.231. The molecule has 0 saturated heterocycles. The van der Waals surface area contributed by atoms with Crippen LogP contribution < -0.4 is 10.6 Å². The summed E-state index contributed by atoms with van der Waals surface area (Å²) in [4.78, 5) is 11.8. The van der Waals surface area contributed by atoms with E-state index in [4.69, 9.17) is 28.3 Å². The van der Waals surface area contributed by atoms with Gasteiger partial charge in [-0.15, -0.1) is 0 Å². The van der Waals surface area contributed by atoms with Crippen LogP contribution in [0.4, 0.5) is 4.79 Å². The number of hydrogen-bond acceptors (Lipinski definition) is 2. The molecule has 0 radical (unpaired) electrons. The van der Waals surface area contributed by atoms with Crippen molar-refractivity contribution in [3.05, 3.63) is 34.1 Å². The van der Waals surface area contributed by atoms with Gasteiger partial charge in [0.15, 0.2) is 0 Å². The quantitative estimate of drug-likeness (QED) is 0.744. The van der Waals surface area contributed by atoms with Crippen LogP contribution in [0.3, 0.4) is 0 Å². The van der Waals surface area contributed by atoms with Crippen LogP contribution in [0.1, 0.15) is 12.1 Å². The minimum Gasteiger partial charge on any atom is -0.396 e. The van der Waals surface area contributed by atoms with Crippen molar-refractivity contribution >= 4 is 29.2 Å². The van der Waals surface area contributed by atoms with Crippen molar-refractivity contribution in [2.75, 3.05) is 6.61 Å². The van der Waals surface area contributed by atoms with Crippen LogP contribution in [0.15, 0.2) is 18.2 Å². The molecule has 3 N–H and O–H groups in total. The summed E-state index contributed by atoms with van der Waals surface area (Å²) in [6.07, 6.45) is 4.55. The number of nitrogens with zero attached hydrogens (tertiary/aromatic N) is 1. The average molecular weight is 318 g/mol. The zero-order valence-electron chi connectivity index (χ0n) is 11.1. The van der Waals surface area contributed by atoms with Crippen molar-refractivity contribution in [2.24, 2.45) is 13.0 Å². The van der Waals surface area contributed by atoms with Gasteiger partial charge >= 0.3 is 6.03 Å². The van der Waals surface area contributed by atoms with Crippen molar-refractivity contribution in [1.29, 1.82) is 0 Å². The smallest absolute Gasteiger partial charge is 0.315 e. The number of carbonyl (C=O) groups excluding carboxylic acids is 1. The summed E-state index contributed by atoms with van der Waals surface area (Å²) in [5.41, 5.74) is 0.824. The number of nitrogens with one attached hydrogen (secondary N) is 2. The third-order valence-electron chi connectivity index (χ3n) is 3.37. The van der Waals surface area contributed by atoms with Gasteiger partial charge in [0, 0.05) is 31.3 Å². The van der Waals surface area contributed by atoms with Crippen molar-refractivity contribution in [1.82, 2.24) is 15.2 Å². The second-order valence-corrected chi connectivity index (χ2v) is 5.60. The fourth-order valence-corrected chi connectivity index (χ4v) is 2.58. The summed E-state index contributed by atoms with van der Waals surface area (Å²) < 4.78 is 1.72. The molecule has 1 aromatic rings. The maximum Gasteiger partial charge on any atom is 0.315 e. The van der Waals surface area contributed by atoms with Gasteiger partial charge in [0.05, 0.1) is 11.6 Å². The van der Waals surface area contributed by atoms with Crippen molar-refractivity contribution in [3.8, 4) is 0 Å². The van der Waals surface area contributed by atoms with Gasteiger partial charge in [-0.05, 0) is 12.5 Å². The van der Waals surface area contributed by atoms with E-state index in [2.05, 4.69) is 10.6 Å². The fourth-order valence-electron chi connectivity index (χ4n) is 2.17. The first kappa shape index (κ1) is 15.2. The molecule has 0 unspecified atom stereocenters. The number of carbonyl (C=O) groups is 1. The summed E-state index contributed by atoms with van der Waals surface area (Å²) in [5.74, 6) is 0.130. The molecule has 1 aliphatic rings. The average Bonchev–Trinajstić information content (AvgIpc) is 2.97. The number of rotatable bonds is 4. The van der Waals surface area contributed by atoms with E-state index in [9.17, 15) is 4.79 Å². The summed E-state index contributed by atoms with van der Waals surface area (Å²) in [7, 11) is 1.79. The first-order chi connectivity index (χ1) is 9.51. The third-order valence-corrected chi connectivity index (χ3v) is 4.21. The number of halogens is 2. The maximum atomic E-state index is 11.8. The summed E-state index contributed by atoms with van der Waals surface area (Å²) in [5, 5.41) is 15.5. The Labute approximate surface area is 127 Å². The van der Waals surface area contributed by atoms with Crippen LogP contribution >= 0.6 is 23.2 Å². The van der Waals surface area contributed by atoms with Crippen LogP contribution in [0.5, 0.6) is 0 Å². The van der Waals surface area contributed by atoms with E-state index in [1.165, 1.54) is 0 Å². The number of urea groups is 1. The van der Waals surface area contributed by atoms with Crippen LogP contribution in [0.2, 0.25) is 10.2 Å². The molecule has 1 heterocycles. The van der Waals surface area contributed by atoms with Gasteiger partial charge in [-0.2, -0.15) is 0 Å². The minimum absolute atomic E-state index is 0.0345. The van der Waals surface area contributed by atoms with E-state index < -0.39 is 0 Å². The monoisotopic (exact) mass is 317 g/mol. The molecule has 7 heteroatoms. The lowest BCUT2D eigenvalue weighted by Crippen LogP contribution is -2.40. The predicted molar refractivity (Wildman–Crippen MR) is 78.9 cm³/mol. The number of hydrogen-bond donors (Lipinski definition) is 3. The Morgan fingerprint density at radius 3 is 2.80 bits per heavy atom. The Balaban J connectivity index is 1.81. The molecule has 1 aromatic heterocycles. The summed E-state index contributed by atoms with van der Waals surface area (Å²) in [6, 6.07) is 1.43. The molecular formula is C13H17Cl2N3O2. The van der Waals surface area contributed by atoms with Gasteiger partial charge in [0.25, 0.3) is 0 Å². The van der Waals surface area contributed by atoms with Crippen LogP contribution in [0, 0.1) is 5.92 Å². The summed E-state index contributed by atoms with van der Waals surface area (Å²) in [6.45, 7) is 0.450. The highest BCUT2D eigenvalue weighted by Gasteiger charge is 2.19. The van der Waals surface area contributed by atoms with E-state index in [0.717, 1.165) is 12.1 Å². The second kappa shape index (κ2) is 6.52. The SMILES string of the molecule is Cn1c(CNC(=O)N[C@@H]2C=C[C@H](CO)C2)cc(Cl)c1Cl. The highest BCUT2D eigenvalue weighted by molar-refractivity contribution is 6.41. The first-order valence-electron chi connectivity index (χ1n) is 6.34. The standard InChI is InChI=1S/C13H17Cl2N3O2/c1-18-10(5-11(14)12(18)15)6-16-13(20)17-9-3-2-8(4-9)7-19/h2-3,5,8-9,19H,4,6-7H2,1H3,(H2,16,17,20)/t8-,9+/m0/s1. The van der Waals surface area contributed by atoms with E-state index in [1.807, 2.05) is 12.2 Å². The lowest BCUT2D eigenvalue weighted by Gasteiger charge is -2.14. The molecule has 1 aliphatic carbocycles. The topological polar surface area (TPSA) is 66.3 Å². The van der Waals surface area contributed by atoms with Crippen molar-refractivity contribution in [3.63, 3.8) is 0 Å².